The van der Waals surface area contributed by atoms with E-state index in [2.05, 4.69) is 26.8 Å². The first-order chi connectivity index (χ1) is 13.0. The summed E-state index contributed by atoms with van der Waals surface area (Å²) in [4.78, 5) is 4.52. The zero-order valence-corrected chi connectivity index (χ0v) is 16.1. The number of halogens is 2. The van der Waals surface area contributed by atoms with Gasteiger partial charge in [0.25, 0.3) is 0 Å². The minimum absolute atomic E-state index is 0.294. The van der Waals surface area contributed by atoms with E-state index in [1.54, 1.807) is 0 Å². The summed E-state index contributed by atoms with van der Waals surface area (Å²) in [6.07, 6.45) is 0.879. The van der Waals surface area contributed by atoms with Crippen LogP contribution in [0, 0.1) is 25.5 Å². The molecule has 8 heteroatoms. The van der Waals surface area contributed by atoms with Gasteiger partial charge in [-0.1, -0.05) is 0 Å². The Hall–Kier alpha value is -2.64. The lowest BCUT2D eigenvalue weighted by Gasteiger charge is -2.12. The van der Waals surface area contributed by atoms with Crippen molar-refractivity contribution in [3.8, 4) is 5.75 Å². The van der Waals surface area contributed by atoms with Crippen LogP contribution in [0.4, 0.5) is 8.78 Å². The molecule has 0 aliphatic heterocycles. The summed E-state index contributed by atoms with van der Waals surface area (Å²) in [5, 5.41) is 10.8. The van der Waals surface area contributed by atoms with Gasteiger partial charge in [0.05, 0.1) is 12.2 Å². The van der Waals surface area contributed by atoms with Crippen molar-refractivity contribution in [1.82, 2.24) is 20.4 Å². The Kier molecular flexibility index (Phi) is 8.03. The lowest BCUT2D eigenvalue weighted by Crippen LogP contribution is -2.39. The van der Waals surface area contributed by atoms with Crippen LogP contribution in [0.25, 0.3) is 0 Å². The second kappa shape index (κ2) is 10.5. The zero-order valence-electron chi connectivity index (χ0n) is 16.1. The molecule has 0 atom stereocenters. The minimum Gasteiger partial charge on any atom is -0.492 e. The Balaban J connectivity index is 1.72. The van der Waals surface area contributed by atoms with E-state index in [9.17, 15) is 8.78 Å². The molecule has 1 aromatic carbocycles. The Morgan fingerprint density at radius 2 is 2.00 bits per heavy atom. The van der Waals surface area contributed by atoms with Crippen molar-refractivity contribution < 1.29 is 13.5 Å². The van der Waals surface area contributed by atoms with Gasteiger partial charge in [-0.05, 0) is 45.4 Å². The third kappa shape index (κ3) is 6.88. The highest BCUT2D eigenvalue weighted by molar-refractivity contribution is 5.79. The van der Waals surface area contributed by atoms with Gasteiger partial charge in [-0.15, -0.1) is 0 Å². The maximum absolute atomic E-state index is 13.1. The van der Waals surface area contributed by atoms with E-state index in [0.717, 1.165) is 43.0 Å². The molecule has 148 valence electrons. The van der Waals surface area contributed by atoms with Gasteiger partial charge in [0, 0.05) is 31.4 Å². The van der Waals surface area contributed by atoms with Gasteiger partial charge in [0.2, 0.25) is 0 Å². The van der Waals surface area contributed by atoms with Gasteiger partial charge < -0.3 is 15.4 Å². The summed E-state index contributed by atoms with van der Waals surface area (Å²) in [7, 11) is 0. The van der Waals surface area contributed by atoms with Crippen LogP contribution in [0.1, 0.15) is 24.7 Å². The average molecular weight is 379 g/mol. The highest BCUT2D eigenvalue weighted by Crippen LogP contribution is 2.14. The lowest BCUT2D eigenvalue weighted by molar-refractivity contribution is 0.318. The normalized spacial score (nSPS) is 11.5. The van der Waals surface area contributed by atoms with Gasteiger partial charge in [0.1, 0.15) is 12.4 Å². The summed E-state index contributed by atoms with van der Waals surface area (Å²) in [5.74, 6) is -0.817. The predicted molar refractivity (Wildman–Crippen MR) is 102 cm³/mol. The van der Waals surface area contributed by atoms with E-state index < -0.39 is 11.6 Å². The number of aromatic nitrogens is 2. The monoisotopic (exact) mass is 379 g/mol. The van der Waals surface area contributed by atoms with Crippen LogP contribution in [0.5, 0.6) is 5.75 Å². The maximum Gasteiger partial charge on any atom is 0.191 e. The van der Waals surface area contributed by atoms with E-state index in [1.807, 2.05) is 25.5 Å². The molecule has 0 amide bonds. The SMILES string of the molecule is CCNC(=NCCCn1nc(C)cc1C)NCCOc1ccc(F)c(F)c1. The Bertz CT molecular complexity index is 761. The van der Waals surface area contributed by atoms with Crippen molar-refractivity contribution in [3.63, 3.8) is 0 Å². The number of aliphatic imine (C=N–C) groups is 1. The molecule has 0 spiro atoms. The molecule has 6 nitrogen and oxygen atoms in total. The van der Waals surface area contributed by atoms with Crippen LogP contribution in [0.3, 0.4) is 0 Å². The third-order valence-electron chi connectivity index (χ3n) is 3.80. The molecule has 2 aromatic rings. The van der Waals surface area contributed by atoms with Crippen molar-refractivity contribution in [2.45, 2.75) is 33.7 Å². The second-order valence-corrected chi connectivity index (χ2v) is 6.12. The van der Waals surface area contributed by atoms with Crippen LogP contribution in [0.2, 0.25) is 0 Å². The van der Waals surface area contributed by atoms with Crippen molar-refractivity contribution >= 4 is 5.96 Å². The van der Waals surface area contributed by atoms with E-state index in [0.29, 0.717) is 31.4 Å². The van der Waals surface area contributed by atoms with Gasteiger partial charge in [0.15, 0.2) is 17.6 Å². The first-order valence-electron chi connectivity index (χ1n) is 9.10. The van der Waals surface area contributed by atoms with Crippen LogP contribution in [-0.4, -0.2) is 42.0 Å². The fraction of sp³-hybridized carbons (Fsp3) is 0.474. The minimum atomic E-state index is -0.919. The van der Waals surface area contributed by atoms with E-state index >= 15 is 0 Å². The van der Waals surface area contributed by atoms with E-state index in [-0.39, 0.29) is 0 Å². The molecular formula is C19H27F2N5O. The summed E-state index contributed by atoms with van der Waals surface area (Å²) in [5.41, 5.74) is 2.17. The van der Waals surface area contributed by atoms with Gasteiger partial charge in [-0.25, -0.2) is 8.78 Å². The number of ether oxygens (including phenoxy) is 1. The molecule has 2 rings (SSSR count). The van der Waals surface area contributed by atoms with Crippen LogP contribution in [-0.2, 0) is 6.54 Å². The number of aryl methyl sites for hydroxylation is 3. The quantitative estimate of drug-likeness (QED) is 0.400. The molecular weight excluding hydrogens is 352 g/mol. The number of nitrogens with zero attached hydrogens (tertiary/aromatic N) is 3. The van der Waals surface area contributed by atoms with Crippen molar-refractivity contribution in [2.24, 2.45) is 4.99 Å². The lowest BCUT2D eigenvalue weighted by atomic mass is 10.3. The molecule has 27 heavy (non-hydrogen) atoms. The standard InChI is InChI=1S/C19H27F2N5O/c1-4-22-19(23-8-5-10-26-15(3)12-14(2)25-26)24-9-11-27-16-6-7-17(20)18(21)13-16/h6-7,12-13H,4-5,8-11H2,1-3H3,(H2,22,23,24). The average Bonchev–Trinajstić information content (AvgIpc) is 2.95. The Morgan fingerprint density at radius 1 is 1.19 bits per heavy atom. The number of benzene rings is 1. The van der Waals surface area contributed by atoms with Gasteiger partial charge in [-0.2, -0.15) is 5.10 Å². The molecule has 0 fully saturated rings. The maximum atomic E-state index is 13.1. The van der Waals surface area contributed by atoms with Crippen molar-refractivity contribution in [3.05, 3.63) is 47.3 Å². The second-order valence-electron chi connectivity index (χ2n) is 6.12. The molecule has 1 aromatic heterocycles. The molecule has 0 saturated heterocycles. The largest absolute Gasteiger partial charge is 0.492 e. The topological polar surface area (TPSA) is 63.5 Å². The fourth-order valence-electron chi connectivity index (χ4n) is 2.56. The number of guanidine groups is 1. The van der Waals surface area contributed by atoms with Crippen LogP contribution < -0.4 is 15.4 Å². The predicted octanol–water partition coefficient (Wildman–Crippen LogP) is 2.80. The number of nitrogens with one attached hydrogen (secondary N) is 2. The number of rotatable bonds is 9. The zero-order chi connectivity index (χ0) is 19.6. The highest BCUT2D eigenvalue weighted by atomic mass is 19.2. The first-order valence-corrected chi connectivity index (χ1v) is 9.10. The smallest absolute Gasteiger partial charge is 0.191 e. The Labute approximate surface area is 158 Å². The van der Waals surface area contributed by atoms with E-state index in [1.165, 1.54) is 6.07 Å². The van der Waals surface area contributed by atoms with Crippen LogP contribution in [0.15, 0.2) is 29.3 Å². The summed E-state index contributed by atoms with van der Waals surface area (Å²) < 4.78 is 33.4. The fourth-order valence-corrected chi connectivity index (χ4v) is 2.56. The molecule has 0 radical (unpaired) electrons. The number of hydrogen-bond donors (Lipinski definition) is 2. The number of hydrogen-bond acceptors (Lipinski definition) is 3. The van der Waals surface area contributed by atoms with E-state index in [4.69, 9.17) is 4.74 Å². The molecule has 2 N–H and O–H groups in total. The summed E-state index contributed by atoms with van der Waals surface area (Å²) >= 11 is 0. The highest BCUT2D eigenvalue weighted by Gasteiger charge is 2.04. The van der Waals surface area contributed by atoms with Gasteiger partial charge in [-0.3, -0.25) is 9.67 Å². The molecule has 0 saturated carbocycles. The molecule has 0 bridgehead atoms. The van der Waals surface area contributed by atoms with Crippen molar-refractivity contribution in [1.29, 1.82) is 0 Å². The molecule has 1 heterocycles. The summed E-state index contributed by atoms with van der Waals surface area (Å²) in [6, 6.07) is 5.54. The van der Waals surface area contributed by atoms with Crippen molar-refractivity contribution in [2.75, 3.05) is 26.2 Å². The third-order valence-corrected chi connectivity index (χ3v) is 3.80. The Morgan fingerprint density at radius 3 is 2.67 bits per heavy atom. The van der Waals surface area contributed by atoms with Gasteiger partial charge >= 0.3 is 0 Å². The molecule has 0 unspecified atom stereocenters. The first kappa shape index (κ1) is 20.7. The molecule has 0 aliphatic carbocycles. The summed E-state index contributed by atoms with van der Waals surface area (Å²) in [6.45, 7) is 9.04. The molecule has 0 aliphatic rings. The van der Waals surface area contributed by atoms with Crippen LogP contribution >= 0.6 is 0 Å².